The number of benzene rings is 3. The van der Waals surface area contributed by atoms with Crippen molar-refractivity contribution in [1.29, 1.82) is 0 Å². The van der Waals surface area contributed by atoms with Crippen LogP contribution in [0.25, 0.3) is 16.7 Å². The Kier molecular flexibility index (Phi) is 7.47. The number of hydrogen-bond acceptors (Lipinski definition) is 0. The molecular weight excluding hydrogens is 670 g/mol. The molecule has 0 N–H and O–H groups in total. The summed E-state index contributed by atoms with van der Waals surface area (Å²) in [5, 5.41) is 1.30. The molecule has 38 heavy (non-hydrogen) atoms. The number of fused-ring (bicyclic) bond motifs is 3. The fourth-order valence-electron chi connectivity index (χ4n) is 5.99. The first-order chi connectivity index (χ1) is 17.8. The molecule has 0 aliphatic heterocycles. The molecule has 0 saturated heterocycles. The number of hydrogen-bond donors (Lipinski definition) is 0. The van der Waals surface area contributed by atoms with Crippen molar-refractivity contribution in [2.45, 2.75) is 76.3 Å². The summed E-state index contributed by atoms with van der Waals surface area (Å²) in [6.07, 6.45) is 5.66. The summed E-state index contributed by atoms with van der Waals surface area (Å²) in [5.74, 6) is 0. The van der Waals surface area contributed by atoms with Crippen LogP contribution in [-0.4, -0.2) is 3.26 Å². The van der Waals surface area contributed by atoms with E-state index in [0.29, 0.717) is 13.7 Å². The van der Waals surface area contributed by atoms with Gasteiger partial charge in [-0.2, -0.15) is 0 Å². The molecule has 3 aromatic rings. The molecule has 0 nitrogen and oxygen atoms in total. The van der Waals surface area contributed by atoms with Crippen molar-refractivity contribution < 1.29 is 21.0 Å². The number of halogens is 2. The van der Waals surface area contributed by atoms with Gasteiger partial charge in [0, 0.05) is 0 Å². The van der Waals surface area contributed by atoms with Crippen LogP contribution >= 0.6 is 23.2 Å². The van der Waals surface area contributed by atoms with Gasteiger partial charge in [0.1, 0.15) is 0 Å². The first kappa shape index (κ1) is 28.0. The van der Waals surface area contributed by atoms with Crippen LogP contribution in [0.15, 0.2) is 70.1 Å². The second-order valence-corrected chi connectivity index (χ2v) is 24.6. The molecule has 0 atom stereocenters. The van der Waals surface area contributed by atoms with E-state index in [1.54, 1.807) is 6.58 Å². The second-order valence-electron chi connectivity index (χ2n) is 13.1. The molecule has 3 aromatic carbocycles. The Morgan fingerprint density at radius 1 is 0.763 bits per heavy atom. The minimum absolute atomic E-state index is 0.106. The molecule has 0 unspecified atom stereocenters. The van der Waals surface area contributed by atoms with Crippen LogP contribution in [-0.2, 0) is 31.8 Å². The SMILES string of the molecule is C[C](C)=[Hf]([C]1=C(c2cccc(Cl)c2Cl)C=CC1)[CH]1c2cc(C(C)(C)C)ccc2-c2ccc(C(C)(C)C)cc21. The fraction of sp³-hybridized carbons (Fsp3) is 0.343. The zero-order valence-electron chi connectivity index (χ0n) is 23.9. The average molecular weight is 708 g/mol. The van der Waals surface area contributed by atoms with Crippen LogP contribution in [0.5, 0.6) is 0 Å². The van der Waals surface area contributed by atoms with E-state index in [1.165, 1.54) is 39.0 Å². The fourth-order valence-corrected chi connectivity index (χ4v) is 18.9. The van der Waals surface area contributed by atoms with Crippen LogP contribution in [0.1, 0.15) is 93.3 Å². The van der Waals surface area contributed by atoms with Crippen molar-refractivity contribution in [3.63, 3.8) is 0 Å². The monoisotopic (exact) mass is 708 g/mol. The van der Waals surface area contributed by atoms with Gasteiger partial charge < -0.3 is 0 Å². The summed E-state index contributed by atoms with van der Waals surface area (Å²) in [4.78, 5) is 0. The zero-order valence-corrected chi connectivity index (χ0v) is 29.0. The average Bonchev–Trinajstić information content (AvgIpc) is 3.43. The molecule has 196 valence electrons. The van der Waals surface area contributed by atoms with Crippen LogP contribution in [0.3, 0.4) is 0 Å². The predicted molar refractivity (Wildman–Crippen MR) is 165 cm³/mol. The van der Waals surface area contributed by atoms with Gasteiger partial charge in [0.2, 0.25) is 0 Å². The van der Waals surface area contributed by atoms with Crippen molar-refractivity contribution in [1.82, 2.24) is 0 Å². The topological polar surface area (TPSA) is 0 Å². The predicted octanol–water partition coefficient (Wildman–Crippen LogP) is 10.9. The van der Waals surface area contributed by atoms with Crippen LogP contribution in [0.4, 0.5) is 0 Å². The van der Waals surface area contributed by atoms with E-state index >= 15 is 0 Å². The molecule has 0 spiro atoms. The van der Waals surface area contributed by atoms with Gasteiger partial charge in [0.25, 0.3) is 0 Å². The Hall–Kier alpha value is -1.54. The molecule has 0 aromatic heterocycles. The molecule has 0 amide bonds. The molecule has 2 aliphatic carbocycles. The standard InChI is InChI=1S/C21H25.C11H7Cl2.C3H6.Hf/c1-20(2,3)16-7-9-18-14(12-16)11-15-13-17(21(4,5)6)8-10-19(15)18;12-10-7-3-6-9(11(10)13)8-4-1-2-5-8;1-3-2;/h7-13H,1-6H3;1,3-4,6-7H,2H2;1-2H3;. The maximum absolute atomic E-state index is 6.80. The van der Waals surface area contributed by atoms with Crippen LogP contribution in [0, 0.1) is 0 Å². The summed E-state index contributed by atoms with van der Waals surface area (Å²) >= 11 is 10.6. The van der Waals surface area contributed by atoms with Crippen molar-refractivity contribution in [2.75, 3.05) is 0 Å². The Morgan fingerprint density at radius 3 is 1.82 bits per heavy atom. The Bertz CT molecular complexity index is 1470. The molecule has 3 heteroatoms. The number of allylic oxidation sites excluding steroid dienone is 4. The summed E-state index contributed by atoms with van der Waals surface area (Å²) in [6, 6.07) is 20.6. The van der Waals surface area contributed by atoms with E-state index in [1.807, 2.05) is 12.1 Å². The van der Waals surface area contributed by atoms with Crippen LogP contribution in [0.2, 0.25) is 10.0 Å². The zero-order chi connectivity index (χ0) is 27.6. The van der Waals surface area contributed by atoms with Crippen molar-refractivity contribution >= 4 is 32.0 Å². The van der Waals surface area contributed by atoms with E-state index < -0.39 is 21.0 Å². The third-order valence-corrected chi connectivity index (χ3v) is 21.1. The van der Waals surface area contributed by atoms with Crippen molar-refractivity contribution in [3.05, 3.63) is 108 Å². The van der Waals surface area contributed by atoms with E-state index in [0.717, 1.165) is 12.0 Å². The summed E-state index contributed by atoms with van der Waals surface area (Å²) in [5.41, 5.74) is 11.4. The van der Waals surface area contributed by atoms with Crippen molar-refractivity contribution in [3.8, 4) is 11.1 Å². The van der Waals surface area contributed by atoms with E-state index in [4.69, 9.17) is 23.2 Å². The van der Waals surface area contributed by atoms with E-state index in [9.17, 15) is 0 Å². The summed E-state index contributed by atoms with van der Waals surface area (Å²) < 4.78 is 3.74. The molecule has 0 saturated carbocycles. The van der Waals surface area contributed by atoms with Gasteiger partial charge in [-0.1, -0.05) is 0 Å². The minimum atomic E-state index is -2.69. The van der Waals surface area contributed by atoms with Gasteiger partial charge in [-0.3, -0.25) is 0 Å². The second kappa shape index (κ2) is 10.1. The van der Waals surface area contributed by atoms with E-state index in [2.05, 4.69) is 110 Å². The molecular formula is C35H38Cl2Hf. The van der Waals surface area contributed by atoms with Crippen molar-refractivity contribution in [2.24, 2.45) is 0 Å². The third-order valence-electron chi connectivity index (χ3n) is 8.07. The number of rotatable bonds is 3. The maximum atomic E-state index is 6.80. The quantitative estimate of drug-likeness (QED) is 0.238. The molecule has 0 heterocycles. The first-order valence-electron chi connectivity index (χ1n) is 13.6. The molecule has 0 radical (unpaired) electrons. The normalized spacial score (nSPS) is 15.2. The van der Waals surface area contributed by atoms with Crippen LogP contribution < -0.4 is 0 Å². The Morgan fingerprint density at radius 2 is 1.32 bits per heavy atom. The van der Waals surface area contributed by atoms with Gasteiger partial charge in [-0.25, -0.2) is 0 Å². The molecule has 0 bridgehead atoms. The summed E-state index contributed by atoms with van der Waals surface area (Å²) in [7, 11) is 0. The van der Waals surface area contributed by atoms with Gasteiger partial charge in [-0.15, -0.1) is 0 Å². The molecule has 0 fully saturated rings. The molecule has 2 aliphatic rings. The molecule has 5 rings (SSSR count). The Labute approximate surface area is 246 Å². The van der Waals surface area contributed by atoms with Gasteiger partial charge in [0.15, 0.2) is 0 Å². The van der Waals surface area contributed by atoms with Gasteiger partial charge in [-0.05, 0) is 0 Å². The third kappa shape index (κ3) is 4.93. The van der Waals surface area contributed by atoms with Gasteiger partial charge >= 0.3 is 248 Å². The summed E-state index contributed by atoms with van der Waals surface area (Å²) in [6.45, 7) is 18.7. The Balaban J connectivity index is 1.80. The van der Waals surface area contributed by atoms with E-state index in [-0.39, 0.29) is 10.8 Å². The first-order valence-corrected chi connectivity index (χ1v) is 20.0. The van der Waals surface area contributed by atoms with Gasteiger partial charge in [0.05, 0.1) is 0 Å².